The minimum atomic E-state index is -0.0963. The third-order valence-electron chi connectivity index (χ3n) is 3.23. The number of unbranched alkanes of at least 4 members (excludes halogenated alkanes) is 1. The van der Waals surface area contributed by atoms with Crippen molar-refractivity contribution in [1.82, 2.24) is 5.32 Å². The molecule has 2 amide bonds. The van der Waals surface area contributed by atoms with Crippen molar-refractivity contribution in [3.05, 3.63) is 29.8 Å². The summed E-state index contributed by atoms with van der Waals surface area (Å²) >= 11 is 1.31. The van der Waals surface area contributed by atoms with Gasteiger partial charge in [0.15, 0.2) is 0 Å². The summed E-state index contributed by atoms with van der Waals surface area (Å²) in [5, 5.41) is 5.64. The Kier molecular flexibility index (Phi) is 11.0. The van der Waals surface area contributed by atoms with Gasteiger partial charge in [-0.05, 0) is 31.9 Å². The van der Waals surface area contributed by atoms with E-state index in [4.69, 9.17) is 4.74 Å². The molecule has 0 spiro atoms. The second-order valence-corrected chi connectivity index (χ2v) is 6.56. The fourth-order valence-corrected chi connectivity index (χ4v) is 2.52. The lowest BCUT2D eigenvalue weighted by Gasteiger charge is -2.07. The molecule has 5 nitrogen and oxygen atoms in total. The third-order valence-corrected chi connectivity index (χ3v) is 4.16. The van der Waals surface area contributed by atoms with Crippen molar-refractivity contribution in [2.75, 3.05) is 36.6 Å². The molecular formula is C18H28N2O3S. The third kappa shape index (κ3) is 10.3. The van der Waals surface area contributed by atoms with E-state index in [-0.39, 0.29) is 23.3 Å². The highest BCUT2D eigenvalue weighted by atomic mass is 32.2. The Morgan fingerprint density at radius 2 is 1.71 bits per heavy atom. The van der Waals surface area contributed by atoms with Gasteiger partial charge in [-0.1, -0.05) is 31.0 Å². The normalized spacial score (nSPS) is 10.4. The molecule has 1 rings (SSSR count). The highest BCUT2D eigenvalue weighted by Gasteiger charge is 2.05. The van der Waals surface area contributed by atoms with E-state index in [2.05, 4.69) is 17.6 Å². The first-order valence-corrected chi connectivity index (χ1v) is 9.56. The number of anilines is 1. The summed E-state index contributed by atoms with van der Waals surface area (Å²) in [6, 6.07) is 7.63. The Morgan fingerprint density at radius 1 is 1.04 bits per heavy atom. The molecule has 134 valence electrons. The van der Waals surface area contributed by atoms with Crippen LogP contribution in [0.2, 0.25) is 0 Å². The highest BCUT2D eigenvalue weighted by molar-refractivity contribution is 8.00. The molecule has 0 aromatic heterocycles. The van der Waals surface area contributed by atoms with Gasteiger partial charge >= 0.3 is 0 Å². The maximum atomic E-state index is 11.8. The first kappa shape index (κ1) is 20.5. The molecule has 0 fully saturated rings. The molecule has 1 aromatic rings. The Labute approximate surface area is 148 Å². The number of rotatable bonds is 12. The largest absolute Gasteiger partial charge is 0.381 e. The van der Waals surface area contributed by atoms with Crippen LogP contribution in [0, 0.1) is 6.92 Å². The molecule has 0 radical (unpaired) electrons. The Bertz CT molecular complexity index is 492. The van der Waals surface area contributed by atoms with E-state index in [1.807, 2.05) is 31.2 Å². The van der Waals surface area contributed by atoms with Gasteiger partial charge in [0.2, 0.25) is 11.8 Å². The zero-order valence-corrected chi connectivity index (χ0v) is 15.4. The van der Waals surface area contributed by atoms with Gasteiger partial charge < -0.3 is 15.4 Å². The van der Waals surface area contributed by atoms with Crippen molar-refractivity contribution in [3.63, 3.8) is 0 Å². The summed E-state index contributed by atoms with van der Waals surface area (Å²) in [6.07, 6.45) is 3.02. The lowest BCUT2D eigenvalue weighted by molar-refractivity contribution is -0.118. The van der Waals surface area contributed by atoms with E-state index in [9.17, 15) is 9.59 Å². The number of hydrogen-bond donors (Lipinski definition) is 2. The van der Waals surface area contributed by atoms with Gasteiger partial charge in [-0.25, -0.2) is 0 Å². The van der Waals surface area contributed by atoms with E-state index in [1.165, 1.54) is 11.8 Å². The predicted molar refractivity (Wildman–Crippen MR) is 100 cm³/mol. The van der Waals surface area contributed by atoms with Crippen LogP contribution < -0.4 is 10.6 Å². The van der Waals surface area contributed by atoms with E-state index in [0.29, 0.717) is 13.2 Å². The number of thioether (sulfide) groups is 1. The standard InChI is InChI=1S/C18H28N2O3S/c1-3-4-11-23-12-5-10-19-17(21)13-24-14-18(22)20-16-8-6-15(2)7-9-16/h6-9H,3-5,10-14H2,1-2H3,(H,19,21)(H,20,22). The van der Waals surface area contributed by atoms with Crippen LogP contribution in [0.4, 0.5) is 5.69 Å². The summed E-state index contributed by atoms with van der Waals surface area (Å²) in [4.78, 5) is 23.4. The number of benzene rings is 1. The molecule has 6 heteroatoms. The van der Waals surface area contributed by atoms with Gasteiger partial charge in [-0.2, -0.15) is 0 Å². The number of hydrogen-bond acceptors (Lipinski definition) is 4. The van der Waals surface area contributed by atoms with Crippen molar-refractivity contribution >= 4 is 29.3 Å². The zero-order chi connectivity index (χ0) is 17.6. The van der Waals surface area contributed by atoms with E-state index in [0.717, 1.165) is 37.1 Å². The number of ether oxygens (including phenoxy) is 1. The van der Waals surface area contributed by atoms with Crippen LogP contribution in [0.15, 0.2) is 24.3 Å². The summed E-state index contributed by atoms with van der Waals surface area (Å²) in [7, 11) is 0. The first-order valence-electron chi connectivity index (χ1n) is 8.40. The smallest absolute Gasteiger partial charge is 0.234 e. The van der Waals surface area contributed by atoms with E-state index in [1.54, 1.807) is 0 Å². The van der Waals surface area contributed by atoms with Gasteiger partial charge in [-0.3, -0.25) is 9.59 Å². The average molecular weight is 353 g/mol. The van der Waals surface area contributed by atoms with Crippen LogP contribution in [0.3, 0.4) is 0 Å². The van der Waals surface area contributed by atoms with Crippen molar-refractivity contribution < 1.29 is 14.3 Å². The van der Waals surface area contributed by atoms with Gasteiger partial charge in [0.25, 0.3) is 0 Å². The van der Waals surface area contributed by atoms with Crippen molar-refractivity contribution in [3.8, 4) is 0 Å². The fourth-order valence-electron chi connectivity index (χ4n) is 1.87. The Balaban J connectivity index is 2.02. The molecular weight excluding hydrogens is 324 g/mol. The number of carbonyl (C=O) groups is 2. The Morgan fingerprint density at radius 3 is 2.42 bits per heavy atom. The first-order chi connectivity index (χ1) is 11.6. The van der Waals surface area contributed by atoms with Crippen LogP contribution in [0.5, 0.6) is 0 Å². The average Bonchev–Trinajstić information content (AvgIpc) is 2.56. The van der Waals surface area contributed by atoms with Gasteiger partial charge in [0.05, 0.1) is 11.5 Å². The van der Waals surface area contributed by atoms with Crippen LogP contribution in [0.1, 0.15) is 31.7 Å². The minimum Gasteiger partial charge on any atom is -0.381 e. The number of amides is 2. The molecule has 0 atom stereocenters. The highest BCUT2D eigenvalue weighted by Crippen LogP contribution is 2.09. The molecule has 0 aliphatic rings. The maximum Gasteiger partial charge on any atom is 0.234 e. The molecule has 0 aliphatic carbocycles. The molecule has 0 bridgehead atoms. The van der Waals surface area contributed by atoms with Crippen LogP contribution >= 0.6 is 11.8 Å². The molecule has 0 saturated heterocycles. The predicted octanol–water partition coefficient (Wildman–Crippen LogP) is 2.99. The SMILES string of the molecule is CCCCOCCCNC(=O)CSCC(=O)Nc1ccc(C)cc1. The van der Waals surface area contributed by atoms with Gasteiger partial charge in [-0.15, -0.1) is 11.8 Å². The van der Waals surface area contributed by atoms with Crippen molar-refractivity contribution in [2.45, 2.75) is 33.1 Å². The second-order valence-electron chi connectivity index (χ2n) is 5.58. The summed E-state index contributed by atoms with van der Waals surface area (Å²) in [5.41, 5.74) is 1.92. The van der Waals surface area contributed by atoms with Gasteiger partial charge in [0.1, 0.15) is 0 Å². The van der Waals surface area contributed by atoms with Crippen molar-refractivity contribution in [2.24, 2.45) is 0 Å². The minimum absolute atomic E-state index is 0.0447. The molecule has 24 heavy (non-hydrogen) atoms. The second kappa shape index (κ2) is 12.8. The molecule has 0 aliphatic heterocycles. The van der Waals surface area contributed by atoms with E-state index < -0.39 is 0 Å². The van der Waals surface area contributed by atoms with Crippen LogP contribution in [-0.2, 0) is 14.3 Å². The molecule has 2 N–H and O–H groups in total. The van der Waals surface area contributed by atoms with Crippen LogP contribution in [0.25, 0.3) is 0 Å². The molecule has 1 aromatic carbocycles. The number of aryl methyl sites for hydroxylation is 1. The molecule has 0 saturated carbocycles. The molecule has 0 heterocycles. The lowest BCUT2D eigenvalue weighted by Crippen LogP contribution is -2.27. The van der Waals surface area contributed by atoms with Crippen molar-refractivity contribution in [1.29, 1.82) is 0 Å². The number of carbonyl (C=O) groups excluding carboxylic acids is 2. The molecule has 0 unspecified atom stereocenters. The topological polar surface area (TPSA) is 67.4 Å². The zero-order valence-electron chi connectivity index (χ0n) is 14.6. The quantitative estimate of drug-likeness (QED) is 0.568. The summed E-state index contributed by atoms with van der Waals surface area (Å²) in [5.74, 6) is 0.414. The lowest BCUT2D eigenvalue weighted by atomic mass is 10.2. The fraction of sp³-hybridized carbons (Fsp3) is 0.556. The summed E-state index contributed by atoms with van der Waals surface area (Å²) < 4.78 is 5.42. The Hall–Kier alpha value is -1.53. The number of nitrogens with one attached hydrogen (secondary N) is 2. The maximum absolute atomic E-state index is 11.8. The summed E-state index contributed by atoms with van der Waals surface area (Å²) in [6.45, 7) is 6.20. The van der Waals surface area contributed by atoms with Crippen LogP contribution in [-0.4, -0.2) is 43.1 Å². The van der Waals surface area contributed by atoms with Gasteiger partial charge in [0, 0.05) is 25.4 Å². The monoisotopic (exact) mass is 352 g/mol. The van der Waals surface area contributed by atoms with E-state index >= 15 is 0 Å².